The smallest absolute Gasteiger partial charge is 0.271 e. The highest BCUT2D eigenvalue weighted by Gasteiger charge is 2.20. The molecule has 0 radical (unpaired) electrons. The molecule has 8 nitrogen and oxygen atoms in total. The Morgan fingerprint density at radius 1 is 1.03 bits per heavy atom. The van der Waals surface area contributed by atoms with Crippen LogP contribution in [-0.2, 0) is 12.3 Å². The Balaban J connectivity index is 1.35. The lowest BCUT2D eigenvalue weighted by Gasteiger charge is -2.13. The molecule has 0 spiro atoms. The van der Waals surface area contributed by atoms with Crippen molar-refractivity contribution in [2.24, 2.45) is 0 Å². The second kappa shape index (κ2) is 11.1. The van der Waals surface area contributed by atoms with Crippen molar-refractivity contribution in [1.82, 2.24) is 30.0 Å². The van der Waals surface area contributed by atoms with E-state index in [2.05, 4.69) is 25.5 Å². The zero-order chi connectivity index (χ0) is 24.7. The molecule has 0 atom stereocenters. The molecule has 180 valence electrons. The first-order chi connectivity index (χ1) is 17.7. The first-order valence-corrected chi connectivity index (χ1v) is 13.0. The predicted molar refractivity (Wildman–Crippen MR) is 140 cm³/mol. The number of aromatic nitrogens is 5. The zero-order valence-corrected chi connectivity index (χ0v) is 21.0. The summed E-state index contributed by atoms with van der Waals surface area (Å²) in [5.74, 6) is 1.74. The number of thioether (sulfide) groups is 1. The molecule has 3 heterocycles. The van der Waals surface area contributed by atoms with Gasteiger partial charge in [0, 0.05) is 29.9 Å². The third-order valence-corrected chi connectivity index (χ3v) is 7.27. The van der Waals surface area contributed by atoms with Crippen molar-refractivity contribution in [1.29, 1.82) is 0 Å². The highest BCUT2D eigenvalue weighted by atomic mass is 32.2. The van der Waals surface area contributed by atoms with Crippen molar-refractivity contribution >= 4 is 29.0 Å². The second-order valence-electron chi connectivity index (χ2n) is 7.63. The zero-order valence-electron chi connectivity index (χ0n) is 19.4. The molecule has 0 aliphatic heterocycles. The number of hydrogen-bond donors (Lipinski definition) is 1. The molecule has 2 aromatic carbocycles. The summed E-state index contributed by atoms with van der Waals surface area (Å²) in [5.41, 5.74) is 3.18. The lowest BCUT2D eigenvalue weighted by atomic mass is 10.2. The maximum Gasteiger partial charge on any atom is 0.271 e. The Labute approximate surface area is 216 Å². The van der Waals surface area contributed by atoms with E-state index < -0.39 is 0 Å². The van der Waals surface area contributed by atoms with Gasteiger partial charge in [-0.05, 0) is 29.8 Å². The number of carbonyl (C=O) groups is 1. The van der Waals surface area contributed by atoms with Crippen LogP contribution in [0.3, 0.4) is 0 Å². The summed E-state index contributed by atoms with van der Waals surface area (Å²) in [6.07, 6.45) is 3.45. The van der Waals surface area contributed by atoms with Gasteiger partial charge in [0.15, 0.2) is 11.0 Å². The number of thiazole rings is 1. The van der Waals surface area contributed by atoms with Gasteiger partial charge in [0.1, 0.15) is 16.5 Å². The van der Waals surface area contributed by atoms with E-state index in [0.717, 1.165) is 21.8 Å². The molecule has 36 heavy (non-hydrogen) atoms. The Hall–Kier alpha value is -4.02. The summed E-state index contributed by atoms with van der Waals surface area (Å²) in [7, 11) is 1.64. The molecule has 0 fully saturated rings. The van der Waals surface area contributed by atoms with Crippen LogP contribution in [-0.4, -0.2) is 37.7 Å². The van der Waals surface area contributed by atoms with E-state index >= 15 is 0 Å². The van der Waals surface area contributed by atoms with E-state index in [4.69, 9.17) is 4.74 Å². The van der Waals surface area contributed by atoms with E-state index in [1.54, 1.807) is 24.9 Å². The predicted octanol–water partition coefficient (Wildman–Crippen LogP) is 5.02. The molecule has 0 unspecified atom stereocenters. The number of benzene rings is 2. The van der Waals surface area contributed by atoms with Crippen LogP contribution in [0.2, 0.25) is 0 Å². The normalized spacial score (nSPS) is 10.8. The van der Waals surface area contributed by atoms with Crippen LogP contribution in [0.1, 0.15) is 21.1 Å². The van der Waals surface area contributed by atoms with Crippen LogP contribution in [0.25, 0.3) is 17.1 Å². The van der Waals surface area contributed by atoms with Gasteiger partial charge < -0.3 is 10.1 Å². The molecule has 0 aliphatic carbocycles. The summed E-state index contributed by atoms with van der Waals surface area (Å²) in [6.45, 7) is 0.459. The van der Waals surface area contributed by atoms with Crippen molar-refractivity contribution in [2.75, 3.05) is 7.11 Å². The highest BCUT2D eigenvalue weighted by molar-refractivity contribution is 7.98. The molecular weight excluding hydrogens is 492 g/mol. The van der Waals surface area contributed by atoms with E-state index in [9.17, 15) is 4.79 Å². The van der Waals surface area contributed by atoms with Gasteiger partial charge in [0.25, 0.3) is 5.91 Å². The Bertz CT molecular complexity index is 1450. The molecule has 0 saturated carbocycles. The van der Waals surface area contributed by atoms with Gasteiger partial charge >= 0.3 is 0 Å². The van der Waals surface area contributed by atoms with Crippen LogP contribution in [0.15, 0.2) is 89.7 Å². The van der Waals surface area contributed by atoms with Gasteiger partial charge in [0.2, 0.25) is 0 Å². The van der Waals surface area contributed by atoms with Crippen LogP contribution in [0, 0.1) is 0 Å². The Morgan fingerprint density at radius 3 is 2.61 bits per heavy atom. The fraction of sp³-hybridized carbons (Fsp3) is 0.115. The van der Waals surface area contributed by atoms with E-state index in [0.29, 0.717) is 34.7 Å². The number of amides is 1. The number of nitrogens with zero attached hydrogens (tertiary/aromatic N) is 5. The van der Waals surface area contributed by atoms with Crippen molar-refractivity contribution in [3.8, 4) is 22.8 Å². The largest absolute Gasteiger partial charge is 0.495 e. The van der Waals surface area contributed by atoms with Gasteiger partial charge in [-0.2, -0.15) is 0 Å². The first-order valence-electron chi connectivity index (χ1n) is 11.1. The molecule has 5 aromatic rings. The van der Waals surface area contributed by atoms with E-state index in [-0.39, 0.29) is 5.91 Å². The summed E-state index contributed by atoms with van der Waals surface area (Å²) in [6, 6.07) is 21.3. The number of nitrogens with one attached hydrogen (secondary N) is 1. The summed E-state index contributed by atoms with van der Waals surface area (Å²) in [5, 5.41) is 15.1. The molecule has 3 aromatic heterocycles. The number of pyridine rings is 1. The Morgan fingerprint density at radius 2 is 1.81 bits per heavy atom. The molecule has 0 bridgehead atoms. The van der Waals surface area contributed by atoms with Crippen LogP contribution in [0.4, 0.5) is 0 Å². The lowest BCUT2D eigenvalue weighted by Crippen LogP contribution is -2.23. The maximum atomic E-state index is 12.6. The highest BCUT2D eigenvalue weighted by Crippen LogP contribution is 2.33. The van der Waals surface area contributed by atoms with Crippen LogP contribution in [0.5, 0.6) is 5.75 Å². The van der Waals surface area contributed by atoms with Crippen molar-refractivity contribution in [3.05, 3.63) is 101 Å². The third-order valence-electron chi connectivity index (χ3n) is 5.30. The number of hydrogen-bond acceptors (Lipinski definition) is 8. The quantitative estimate of drug-likeness (QED) is 0.276. The monoisotopic (exact) mass is 514 g/mol. The van der Waals surface area contributed by atoms with E-state index in [1.807, 2.05) is 71.3 Å². The number of para-hydroxylation sites is 2. The molecule has 1 N–H and O–H groups in total. The Kier molecular flexibility index (Phi) is 7.34. The third kappa shape index (κ3) is 5.29. The van der Waals surface area contributed by atoms with Gasteiger partial charge in [-0.1, -0.05) is 54.2 Å². The fourth-order valence-corrected chi connectivity index (χ4v) is 5.30. The number of methoxy groups -OCH3 is 1. The maximum absolute atomic E-state index is 12.6. The van der Waals surface area contributed by atoms with Crippen LogP contribution >= 0.6 is 23.1 Å². The van der Waals surface area contributed by atoms with Gasteiger partial charge in [0.05, 0.1) is 18.6 Å². The molecule has 5 rings (SSSR count). The summed E-state index contributed by atoms with van der Waals surface area (Å²) in [4.78, 5) is 21.2. The molecule has 10 heteroatoms. The van der Waals surface area contributed by atoms with Crippen molar-refractivity contribution < 1.29 is 9.53 Å². The number of rotatable bonds is 9. The van der Waals surface area contributed by atoms with Gasteiger partial charge in [-0.3, -0.25) is 14.3 Å². The number of ether oxygens (including phenoxy) is 1. The van der Waals surface area contributed by atoms with Gasteiger partial charge in [-0.25, -0.2) is 4.98 Å². The molecule has 0 saturated heterocycles. The average molecular weight is 515 g/mol. The van der Waals surface area contributed by atoms with E-state index in [1.165, 1.54) is 23.1 Å². The van der Waals surface area contributed by atoms with Gasteiger partial charge in [-0.15, -0.1) is 21.5 Å². The SMILES string of the molecule is COc1ccccc1-n1c(SCc2nc(C(=O)NCc3ccccc3)cs2)nnc1-c1ccncc1. The first kappa shape index (κ1) is 23.7. The van der Waals surface area contributed by atoms with Crippen LogP contribution < -0.4 is 10.1 Å². The van der Waals surface area contributed by atoms with Crippen molar-refractivity contribution in [2.45, 2.75) is 17.5 Å². The lowest BCUT2D eigenvalue weighted by molar-refractivity contribution is 0.0946. The molecule has 1 amide bonds. The molecular formula is C26H22N6O2S2. The second-order valence-corrected chi connectivity index (χ2v) is 9.52. The van der Waals surface area contributed by atoms with Crippen molar-refractivity contribution in [3.63, 3.8) is 0 Å². The minimum absolute atomic E-state index is 0.191. The molecule has 0 aliphatic rings. The number of carbonyl (C=O) groups excluding carboxylic acids is 1. The standard InChI is InChI=1S/C26H22N6O2S2/c1-34-22-10-6-5-9-21(22)32-24(19-11-13-27-14-12-19)30-31-26(32)36-17-23-29-20(16-35-23)25(33)28-15-18-7-3-2-4-8-18/h2-14,16H,15,17H2,1H3,(H,28,33). The minimum Gasteiger partial charge on any atom is -0.495 e. The fourth-order valence-electron chi connectivity index (χ4n) is 3.56. The summed E-state index contributed by atoms with van der Waals surface area (Å²) >= 11 is 2.95. The summed E-state index contributed by atoms with van der Waals surface area (Å²) < 4.78 is 7.58. The minimum atomic E-state index is -0.191. The average Bonchev–Trinajstić information content (AvgIpc) is 3.59. The topological polar surface area (TPSA) is 94.8 Å².